The first kappa shape index (κ1) is 24.2. The van der Waals surface area contributed by atoms with Crippen molar-refractivity contribution in [2.24, 2.45) is 0 Å². The van der Waals surface area contributed by atoms with Crippen molar-refractivity contribution < 1.29 is 27.0 Å². The van der Waals surface area contributed by atoms with E-state index in [9.17, 15) is 22.3 Å². The van der Waals surface area contributed by atoms with Gasteiger partial charge in [-0.05, 0) is 30.3 Å². The van der Waals surface area contributed by atoms with Crippen molar-refractivity contribution in [3.05, 3.63) is 72.3 Å². The molecule has 1 aliphatic rings. The van der Waals surface area contributed by atoms with E-state index in [2.05, 4.69) is 10.1 Å². The van der Waals surface area contributed by atoms with Gasteiger partial charge >= 0.3 is 0 Å². The van der Waals surface area contributed by atoms with E-state index in [1.165, 1.54) is 47.0 Å². The molecule has 1 unspecified atom stereocenters. The van der Waals surface area contributed by atoms with Crippen molar-refractivity contribution in [3.8, 4) is 5.75 Å². The van der Waals surface area contributed by atoms with E-state index in [1.807, 2.05) is 4.90 Å². The molecular weight excluding hydrogens is 468 g/mol. The van der Waals surface area contributed by atoms with Crippen LogP contribution in [-0.2, 0) is 22.2 Å². The molecule has 12 heteroatoms. The molecular formula is C22H25F2N5O4S. The molecule has 9 nitrogen and oxygen atoms in total. The van der Waals surface area contributed by atoms with Crippen molar-refractivity contribution in [2.45, 2.75) is 17.0 Å². The first-order chi connectivity index (χ1) is 16.2. The van der Waals surface area contributed by atoms with Gasteiger partial charge in [-0.3, -0.25) is 4.90 Å². The molecule has 4 rings (SSSR count). The van der Waals surface area contributed by atoms with E-state index in [4.69, 9.17) is 4.74 Å². The molecule has 0 radical (unpaired) electrons. The van der Waals surface area contributed by atoms with Gasteiger partial charge in [-0.1, -0.05) is 6.07 Å². The molecule has 0 amide bonds. The number of methoxy groups -OCH3 is 1. The molecule has 1 atom stereocenters. The number of ether oxygens (including phenoxy) is 1. The predicted octanol–water partition coefficient (Wildman–Crippen LogP) is 1.46. The van der Waals surface area contributed by atoms with Crippen molar-refractivity contribution in [2.75, 3.05) is 39.8 Å². The highest BCUT2D eigenvalue weighted by Crippen LogP contribution is 2.29. The minimum absolute atomic E-state index is 0.00810. The smallest absolute Gasteiger partial charge is 0.243 e. The van der Waals surface area contributed by atoms with Gasteiger partial charge in [0.2, 0.25) is 10.0 Å². The van der Waals surface area contributed by atoms with Crippen LogP contribution in [0.2, 0.25) is 0 Å². The normalized spacial score (nSPS) is 17.4. The molecule has 1 N–H and O–H groups in total. The zero-order valence-electron chi connectivity index (χ0n) is 18.5. The molecule has 0 saturated carbocycles. The second-order valence-corrected chi connectivity index (χ2v) is 10.0. The number of nitrogens with zero attached hydrogens (tertiary/aromatic N) is 5. The van der Waals surface area contributed by atoms with Crippen LogP contribution in [0.25, 0.3) is 0 Å². The van der Waals surface area contributed by atoms with Gasteiger partial charge in [0.15, 0.2) is 0 Å². The van der Waals surface area contributed by atoms with Crippen molar-refractivity contribution >= 4 is 10.0 Å². The zero-order chi connectivity index (χ0) is 24.3. The monoisotopic (exact) mass is 493 g/mol. The fraction of sp³-hybridized carbons (Fsp3) is 0.364. The SMILES string of the molecule is COc1ccc(S(=O)(=O)N2CCN(CC(O)(Cn3cncn3)c3ccc(F)cc3F)CC2)cc1. The minimum Gasteiger partial charge on any atom is -0.497 e. The third-order valence-corrected chi connectivity index (χ3v) is 7.75. The number of hydrogen-bond donors (Lipinski definition) is 1. The second kappa shape index (κ2) is 9.74. The maximum atomic E-state index is 14.6. The minimum atomic E-state index is -3.69. The lowest BCUT2D eigenvalue weighted by Gasteiger charge is -2.39. The molecule has 2 heterocycles. The highest BCUT2D eigenvalue weighted by Gasteiger charge is 2.37. The molecule has 3 aromatic rings. The Labute approximate surface area is 196 Å². The van der Waals surface area contributed by atoms with E-state index in [1.54, 1.807) is 12.1 Å². The van der Waals surface area contributed by atoms with Gasteiger partial charge in [-0.25, -0.2) is 26.9 Å². The Kier molecular flexibility index (Phi) is 6.94. The van der Waals surface area contributed by atoms with Crippen molar-refractivity contribution in [3.63, 3.8) is 0 Å². The predicted molar refractivity (Wildman–Crippen MR) is 118 cm³/mol. The summed E-state index contributed by atoms with van der Waals surface area (Å²) < 4.78 is 61.9. The quantitative estimate of drug-likeness (QED) is 0.507. The summed E-state index contributed by atoms with van der Waals surface area (Å²) in [5.74, 6) is -1.06. The number of hydrogen-bond acceptors (Lipinski definition) is 7. The standard InChI is InChI=1S/C22H25F2N5O4S/c1-33-18-3-5-19(6-4-18)34(31,32)29-10-8-27(9-11-29)13-22(30,14-28-16-25-15-26-28)20-7-2-17(23)12-21(20)24/h2-7,12,15-16,30H,8-11,13-14H2,1H3. The molecule has 182 valence electrons. The average molecular weight is 494 g/mol. The zero-order valence-corrected chi connectivity index (χ0v) is 19.3. The van der Waals surface area contributed by atoms with Gasteiger partial charge in [0, 0.05) is 44.4 Å². The van der Waals surface area contributed by atoms with Gasteiger partial charge in [0.05, 0.1) is 18.6 Å². The van der Waals surface area contributed by atoms with Crippen LogP contribution in [0.1, 0.15) is 5.56 Å². The van der Waals surface area contributed by atoms with E-state index < -0.39 is 27.3 Å². The fourth-order valence-corrected chi connectivity index (χ4v) is 5.49. The van der Waals surface area contributed by atoms with E-state index in [-0.39, 0.29) is 36.6 Å². The van der Waals surface area contributed by atoms with Gasteiger partial charge in [0.1, 0.15) is 35.6 Å². The van der Waals surface area contributed by atoms with Gasteiger partial charge in [-0.2, -0.15) is 9.40 Å². The number of piperazine rings is 1. The summed E-state index contributed by atoms with van der Waals surface area (Å²) in [6, 6.07) is 9.19. The van der Waals surface area contributed by atoms with Crippen molar-refractivity contribution in [1.82, 2.24) is 24.0 Å². The summed E-state index contributed by atoms with van der Waals surface area (Å²) in [6.45, 7) is 0.904. The van der Waals surface area contributed by atoms with E-state index >= 15 is 0 Å². The summed E-state index contributed by atoms with van der Waals surface area (Å²) in [4.78, 5) is 5.86. The lowest BCUT2D eigenvalue weighted by Crippen LogP contribution is -2.53. The highest BCUT2D eigenvalue weighted by atomic mass is 32.2. The maximum absolute atomic E-state index is 14.6. The highest BCUT2D eigenvalue weighted by molar-refractivity contribution is 7.89. The number of halogens is 2. The molecule has 34 heavy (non-hydrogen) atoms. The van der Waals surface area contributed by atoms with Crippen LogP contribution >= 0.6 is 0 Å². The molecule has 0 spiro atoms. The molecule has 1 fully saturated rings. The topological polar surface area (TPSA) is 101 Å². The first-order valence-electron chi connectivity index (χ1n) is 10.6. The van der Waals surface area contributed by atoms with E-state index in [0.29, 0.717) is 18.8 Å². The third kappa shape index (κ3) is 5.09. The number of rotatable bonds is 8. The van der Waals surface area contributed by atoms with Crippen LogP contribution < -0.4 is 4.74 Å². The van der Waals surface area contributed by atoms with Crippen LogP contribution in [0.15, 0.2) is 60.0 Å². The maximum Gasteiger partial charge on any atom is 0.243 e. The number of sulfonamides is 1. The Balaban J connectivity index is 1.49. The van der Waals surface area contributed by atoms with Crippen molar-refractivity contribution in [1.29, 1.82) is 0 Å². The Morgan fingerprint density at radius 3 is 2.35 bits per heavy atom. The summed E-state index contributed by atoms with van der Waals surface area (Å²) in [7, 11) is -2.19. The van der Waals surface area contributed by atoms with Crippen LogP contribution in [0.3, 0.4) is 0 Å². The lowest BCUT2D eigenvalue weighted by atomic mass is 9.92. The number of benzene rings is 2. The van der Waals surface area contributed by atoms with Crippen LogP contribution in [0.4, 0.5) is 8.78 Å². The molecule has 1 saturated heterocycles. The first-order valence-corrected chi connectivity index (χ1v) is 12.0. The van der Waals surface area contributed by atoms with Crippen LogP contribution in [-0.4, -0.2) is 77.3 Å². The van der Waals surface area contributed by atoms with Gasteiger partial charge < -0.3 is 9.84 Å². The summed E-state index contributed by atoms with van der Waals surface area (Å²) >= 11 is 0. The van der Waals surface area contributed by atoms with Gasteiger partial charge in [-0.15, -0.1) is 0 Å². The molecule has 1 aliphatic heterocycles. The van der Waals surface area contributed by atoms with Gasteiger partial charge in [0.25, 0.3) is 0 Å². The Morgan fingerprint density at radius 2 is 1.76 bits per heavy atom. The largest absolute Gasteiger partial charge is 0.497 e. The molecule has 1 aromatic heterocycles. The number of aromatic nitrogens is 3. The summed E-state index contributed by atoms with van der Waals surface area (Å²) in [5.41, 5.74) is -1.82. The fourth-order valence-electron chi connectivity index (χ4n) is 4.06. The Bertz CT molecular complexity index is 1220. The number of β-amino-alcohol motifs (C(OH)–C–C–N with tert-alkyl or cyclic N) is 1. The number of aliphatic hydroxyl groups is 1. The second-order valence-electron chi connectivity index (χ2n) is 8.10. The Hall–Kier alpha value is -2.93. The molecule has 0 aliphatic carbocycles. The van der Waals surface area contributed by atoms with E-state index in [0.717, 1.165) is 12.1 Å². The van der Waals surface area contributed by atoms with Crippen LogP contribution in [0.5, 0.6) is 5.75 Å². The average Bonchev–Trinajstić information content (AvgIpc) is 3.32. The lowest BCUT2D eigenvalue weighted by molar-refractivity contribution is -0.0274. The summed E-state index contributed by atoms with van der Waals surface area (Å²) in [6.07, 6.45) is 2.69. The summed E-state index contributed by atoms with van der Waals surface area (Å²) in [5, 5.41) is 15.5. The Morgan fingerprint density at radius 1 is 1.06 bits per heavy atom. The third-order valence-electron chi connectivity index (χ3n) is 5.84. The molecule has 2 aromatic carbocycles. The molecule has 0 bridgehead atoms. The van der Waals surface area contributed by atoms with Crippen LogP contribution in [0, 0.1) is 11.6 Å².